The number of aliphatic imine (C=N–C) groups is 1. The van der Waals surface area contributed by atoms with Crippen LogP contribution in [0.3, 0.4) is 0 Å². The van der Waals surface area contributed by atoms with Crippen molar-refractivity contribution in [2.24, 2.45) is 4.99 Å². The minimum absolute atomic E-state index is 0. The highest BCUT2D eigenvalue weighted by Gasteiger charge is 2.32. The van der Waals surface area contributed by atoms with Crippen LogP contribution in [0.2, 0.25) is 0 Å². The van der Waals surface area contributed by atoms with Gasteiger partial charge in [0, 0.05) is 36.9 Å². The van der Waals surface area contributed by atoms with Crippen molar-refractivity contribution >= 4 is 52.7 Å². The lowest BCUT2D eigenvalue weighted by Gasteiger charge is -2.36. The van der Waals surface area contributed by atoms with Crippen LogP contribution in [-0.2, 0) is 4.74 Å². The topological polar surface area (TPSA) is 68.0 Å². The highest BCUT2D eigenvalue weighted by Crippen LogP contribution is 2.33. The molecule has 1 unspecified atom stereocenters. The minimum Gasteiger partial charge on any atom is -0.490 e. The fourth-order valence-corrected chi connectivity index (χ4v) is 4.24. The van der Waals surface area contributed by atoms with Crippen LogP contribution >= 0.6 is 35.7 Å². The number of halogens is 1. The molecule has 1 aromatic carbocycles. The number of nitrogens with zero attached hydrogens (tertiary/aromatic N) is 1. The summed E-state index contributed by atoms with van der Waals surface area (Å²) in [6, 6.07) is 8.00. The number of rotatable bonds is 7. The van der Waals surface area contributed by atoms with E-state index >= 15 is 0 Å². The third-order valence-electron chi connectivity index (χ3n) is 5.25. The van der Waals surface area contributed by atoms with Crippen molar-refractivity contribution in [2.75, 3.05) is 39.7 Å². The van der Waals surface area contributed by atoms with Crippen molar-refractivity contribution < 1.29 is 13.9 Å². The first-order chi connectivity index (χ1) is 13.6. The lowest BCUT2D eigenvalue weighted by molar-refractivity contribution is 0.0782. The number of ether oxygens (including phenoxy) is 2. The number of guanidine groups is 1. The zero-order valence-electron chi connectivity index (χ0n) is 17.6. The van der Waals surface area contributed by atoms with Gasteiger partial charge in [-0.2, -0.15) is 11.8 Å². The Balaban J connectivity index is 0.00000300. The maximum atomic E-state index is 6.10. The minimum atomic E-state index is -0.0204. The SMILES string of the molecule is CCOc1cccc2cc(C(C)NC(=NC)NCC3(SC)CCOCC3)oc12.I. The van der Waals surface area contributed by atoms with Gasteiger partial charge in [0.05, 0.1) is 12.6 Å². The van der Waals surface area contributed by atoms with E-state index in [0.29, 0.717) is 6.61 Å². The van der Waals surface area contributed by atoms with Crippen molar-refractivity contribution in [1.29, 1.82) is 0 Å². The number of benzene rings is 1. The summed E-state index contributed by atoms with van der Waals surface area (Å²) < 4.78 is 17.5. The molecule has 6 nitrogen and oxygen atoms in total. The monoisotopic (exact) mass is 533 g/mol. The number of thioether (sulfide) groups is 1. The van der Waals surface area contributed by atoms with Gasteiger partial charge in [-0.1, -0.05) is 12.1 Å². The van der Waals surface area contributed by atoms with Gasteiger partial charge in [-0.15, -0.1) is 24.0 Å². The first-order valence-electron chi connectivity index (χ1n) is 9.86. The second-order valence-electron chi connectivity index (χ2n) is 7.05. The van der Waals surface area contributed by atoms with E-state index in [9.17, 15) is 0 Å². The first-order valence-corrected chi connectivity index (χ1v) is 11.1. The molecule has 0 radical (unpaired) electrons. The first kappa shape index (κ1) is 24.1. The molecule has 0 amide bonds. The molecule has 0 spiro atoms. The van der Waals surface area contributed by atoms with E-state index in [0.717, 1.165) is 61.0 Å². The Morgan fingerprint density at radius 2 is 2.10 bits per heavy atom. The average molecular weight is 533 g/mol. The fraction of sp³-hybridized carbons (Fsp3) is 0.571. The van der Waals surface area contributed by atoms with Gasteiger partial charge in [-0.05, 0) is 45.1 Å². The van der Waals surface area contributed by atoms with E-state index in [-0.39, 0.29) is 34.8 Å². The Morgan fingerprint density at radius 1 is 1.34 bits per heavy atom. The van der Waals surface area contributed by atoms with Crippen LogP contribution in [0.1, 0.15) is 38.5 Å². The molecule has 2 aromatic rings. The molecule has 1 fully saturated rings. The normalized spacial score (nSPS) is 17.4. The maximum Gasteiger partial charge on any atom is 0.191 e. The Bertz CT molecular complexity index is 806. The van der Waals surface area contributed by atoms with Gasteiger partial charge >= 0.3 is 0 Å². The molecule has 8 heteroatoms. The van der Waals surface area contributed by atoms with E-state index in [4.69, 9.17) is 13.9 Å². The van der Waals surface area contributed by atoms with Gasteiger partial charge in [-0.3, -0.25) is 4.99 Å². The highest BCUT2D eigenvalue weighted by atomic mass is 127. The van der Waals surface area contributed by atoms with E-state index in [2.05, 4.69) is 34.9 Å². The molecule has 2 heterocycles. The lowest BCUT2D eigenvalue weighted by Crippen LogP contribution is -2.48. The summed E-state index contributed by atoms with van der Waals surface area (Å²) >= 11 is 1.91. The molecule has 1 aliphatic rings. The van der Waals surface area contributed by atoms with Crippen molar-refractivity contribution in [3.63, 3.8) is 0 Å². The quantitative estimate of drug-likeness (QED) is 0.309. The average Bonchev–Trinajstić information content (AvgIpc) is 3.17. The molecule has 0 aliphatic carbocycles. The zero-order valence-corrected chi connectivity index (χ0v) is 20.8. The maximum absolute atomic E-state index is 6.10. The van der Waals surface area contributed by atoms with Gasteiger partial charge in [0.15, 0.2) is 17.3 Å². The van der Waals surface area contributed by atoms with Gasteiger partial charge in [-0.25, -0.2) is 0 Å². The fourth-order valence-electron chi connectivity index (χ4n) is 3.45. The number of hydrogen-bond acceptors (Lipinski definition) is 5. The highest BCUT2D eigenvalue weighted by molar-refractivity contribution is 14.0. The summed E-state index contributed by atoms with van der Waals surface area (Å²) in [6.07, 6.45) is 4.28. The van der Waals surface area contributed by atoms with Crippen LogP contribution < -0.4 is 15.4 Å². The van der Waals surface area contributed by atoms with Crippen LogP contribution in [0.5, 0.6) is 5.75 Å². The van der Waals surface area contributed by atoms with Crippen LogP contribution in [0.25, 0.3) is 11.0 Å². The number of furan rings is 1. The molecule has 29 heavy (non-hydrogen) atoms. The summed E-state index contributed by atoms with van der Waals surface area (Å²) in [5.41, 5.74) is 0.791. The zero-order chi connectivity index (χ0) is 20.0. The largest absolute Gasteiger partial charge is 0.490 e. The van der Waals surface area contributed by atoms with Crippen molar-refractivity contribution in [1.82, 2.24) is 10.6 Å². The molecule has 1 saturated heterocycles. The van der Waals surface area contributed by atoms with Crippen molar-refractivity contribution in [3.05, 3.63) is 30.0 Å². The Labute approximate surface area is 194 Å². The predicted molar refractivity (Wildman–Crippen MR) is 132 cm³/mol. The molecule has 1 atom stereocenters. The van der Waals surface area contributed by atoms with Gasteiger partial charge < -0.3 is 24.5 Å². The molecule has 3 rings (SSSR count). The van der Waals surface area contributed by atoms with Gasteiger partial charge in [0.1, 0.15) is 5.76 Å². The van der Waals surface area contributed by atoms with E-state index in [1.165, 1.54) is 0 Å². The second kappa shape index (κ2) is 11.3. The Kier molecular flexibility index (Phi) is 9.42. The summed E-state index contributed by atoms with van der Waals surface area (Å²) in [7, 11) is 1.80. The summed E-state index contributed by atoms with van der Waals surface area (Å²) in [4.78, 5) is 4.39. The van der Waals surface area contributed by atoms with Crippen LogP contribution in [0, 0.1) is 0 Å². The third kappa shape index (κ3) is 5.95. The van der Waals surface area contributed by atoms with Crippen molar-refractivity contribution in [2.45, 2.75) is 37.5 Å². The molecule has 1 aliphatic heterocycles. The number of para-hydroxylation sites is 1. The summed E-state index contributed by atoms with van der Waals surface area (Å²) in [6.45, 7) is 7.17. The van der Waals surface area contributed by atoms with Crippen LogP contribution in [0.4, 0.5) is 0 Å². The number of fused-ring (bicyclic) bond motifs is 1. The lowest BCUT2D eigenvalue weighted by atomic mass is 9.99. The summed E-state index contributed by atoms with van der Waals surface area (Å²) in [5.74, 6) is 2.41. The third-order valence-corrected chi connectivity index (χ3v) is 6.66. The molecule has 0 saturated carbocycles. The Morgan fingerprint density at radius 3 is 2.76 bits per heavy atom. The van der Waals surface area contributed by atoms with E-state index < -0.39 is 0 Å². The van der Waals surface area contributed by atoms with E-state index in [1.807, 2.05) is 36.9 Å². The molecular formula is C21H32IN3O3S. The van der Waals surface area contributed by atoms with Crippen LogP contribution in [0.15, 0.2) is 33.7 Å². The second-order valence-corrected chi connectivity index (χ2v) is 8.32. The smallest absolute Gasteiger partial charge is 0.191 e. The molecule has 1 aromatic heterocycles. The number of hydrogen-bond donors (Lipinski definition) is 2. The van der Waals surface area contributed by atoms with E-state index in [1.54, 1.807) is 7.05 Å². The molecule has 0 bridgehead atoms. The molecule has 2 N–H and O–H groups in total. The van der Waals surface area contributed by atoms with Gasteiger partial charge in [0.25, 0.3) is 0 Å². The number of nitrogens with one attached hydrogen (secondary N) is 2. The van der Waals surface area contributed by atoms with Crippen LogP contribution in [-0.4, -0.2) is 50.4 Å². The molecule has 162 valence electrons. The van der Waals surface area contributed by atoms with Crippen molar-refractivity contribution in [3.8, 4) is 5.75 Å². The van der Waals surface area contributed by atoms with Gasteiger partial charge in [0.2, 0.25) is 0 Å². The predicted octanol–water partition coefficient (Wildman–Crippen LogP) is 4.59. The summed E-state index contributed by atoms with van der Waals surface area (Å²) in [5, 5.41) is 7.98. The Hall–Kier alpha value is -1.13. The standard InChI is InChI=1S/C21H31N3O3S.HI/c1-5-26-17-8-6-7-16-13-18(27-19(16)17)15(2)24-20(22-3)23-14-21(28-4)9-11-25-12-10-21;/h6-8,13,15H,5,9-12,14H2,1-4H3,(H2,22,23,24);1H. The molecular weight excluding hydrogens is 501 g/mol.